The standard InChI is InChI=1S/C30H35Cl2N3O6S/c1-6-26(30(37)33-20(2)3)34(18-21-7-9-22(31)10-8-21)29(36)19-35(24-13-11-23(32)12-14-24)42(38,39)25-15-16-27(40-4)28(17-25)41-5/h7-17,20,26H,6,18-19H2,1-5H3,(H,33,37)/t26-/m0/s1. The van der Waals surface area contributed by atoms with Gasteiger partial charge in [-0.05, 0) is 74.4 Å². The van der Waals surface area contributed by atoms with E-state index in [0.717, 1.165) is 9.87 Å². The molecule has 0 saturated carbocycles. The third-order valence-electron chi connectivity index (χ3n) is 6.42. The van der Waals surface area contributed by atoms with Crippen molar-refractivity contribution in [1.82, 2.24) is 10.2 Å². The SMILES string of the molecule is CC[C@@H](C(=O)NC(C)C)N(Cc1ccc(Cl)cc1)C(=O)CN(c1ccc(Cl)cc1)S(=O)(=O)c1ccc(OC)c(OC)c1. The number of methoxy groups -OCH3 is 2. The predicted molar refractivity (Wildman–Crippen MR) is 165 cm³/mol. The second-order valence-electron chi connectivity index (χ2n) is 9.74. The number of ether oxygens (including phenoxy) is 2. The van der Waals surface area contributed by atoms with Crippen molar-refractivity contribution >= 4 is 50.7 Å². The van der Waals surface area contributed by atoms with E-state index in [1.54, 1.807) is 31.2 Å². The number of rotatable bonds is 13. The van der Waals surface area contributed by atoms with E-state index in [4.69, 9.17) is 32.7 Å². The zero-order valence-corrected chi connectivity index (χ0v) is 26.5. The van der Waals surface area contributed by atoms with E-state index in [2.05, 4.69) is 5.32 Å². The van der Waals surface area contributed by atoms with Gasteiger partial charge in [-0.15, -0.1) is 0 Å². The number of amides is 2. The minimum atomic E-state index is -4.31. The van der Waals surface area contributed by atoms with E-state index in [1.807, 2.05) is 13.8 Å². The van der Waals surface area contributed by atoms with Crippen molar-refractivity contribution in [2.24, 2.45) is 0 Å². The van der Waals surface area contributed by atoms with Crippen LogP contribution in [-0.2, 0) is 26.2 Å². The van der Waals surface area contributed by atoms with Gasteiger partial charge < -0.3 is 19.7 Å². The Labute approximate surface area is 257 Å². The quantitative estimate of drug-likeness (QED) is 0.264. The van der Waals surface area contributed by atoms with Crippen LogP contribution in [0.15, 0.2) is 71.6 Å². The molecule has 0 bridgehead atoms. The Bertz CT molecular complexity index is 1480. The second-order valence-corrected chi connectivity index (χ2v) is 12.5. The lowest BCUT2D eigenvalue weighted by atomic mass is 10.1. The maximum Gasteiger partial charge on any atom is 0.264 e. The normalized spacial score (nSPS) is 12.0. The summed E-state index contributed by atoms with van der Waals surface area (Å²) in [7, 11) is -1.47. The Morgan fingerprint density at radius 3 is 1.98 bits per heavy atom. The Morgan fingerprint density at radius 2 is 1.45 bits per heavy atom. The highest BCUT2D eigenvalue weighted by atomic mass is 35.5. The minimum Gasteiger partial charge on any atom is -0.493 e. The van der Waals surface area contributed by atoms with Gasteiger partial charge in [-0.2, -0.15) is 0 Å². The van der Waals surface area contributed by atoms with E-state index in [1.165, 1.54) is 61.6 Å². The molecule has 1 N–H and O–H groups in total. The van der Waals surface area contributed by atoms with E-state index in [-0.39, 0.29) is 34.8 Å². The highest BCUT2D eigenvalue weighted by Gasteiger charge is 2.34. The smallest absolute Gasteiger partial charge is 0.264 e. The molecule has 0 unspecified atom stereocenters. The summed E-state index contributed by atoms with van der Waals surface area (Å²) in [6.45, 7) is 4.92. The van der Waals surface area contributed by atoms with Gasteiger partial charge in [0.2, 0.25) is 11.8 Å². The number of nitrogens with one attached hydrogen (secondary N) is 1. The van der Waals surface area contributed by atoms with Crippen molar-refractivity contribution in [2.45, 2.75) is 50.7 Å². The fourth-order valence-electron chi connectivity index (χ4n) is 4.33. The van der Waals surface area contributed by atoms with Gasteiger partial charge in [-0.25, -0.2) is 8.42 Å². The molecule has 0 aromatic heterocycles. The van der Waals surface area contributed by atoms with Crippen molar-refractivity contribution in [3.8, 4) is 11.5 Å². The first-order chi connectivity index (χ1) is 19.9. The van der Waals surface area contributed by atoms with Gasteiger partial charge in [0.15, 0.2) is 11.5 Å². The predicted octanol–water partition coefficient (Wildman–Crippen LogP) is 5.54. The maximum atomic E-state index is 14.1. The molecule has 3 aromatic rings. The van der Waals surface area contributed by atoms with Gasteiger partial charge in [-0.3, -0.25) is 13.9 Å². The van der Waals surface area contributed by atoms with Gasteiger partial charge in [0.1, 0.15) is 12.6 Å². The van der Waals surface area contributed by atoms with E-state index >= 15 is 0 Å². The van der Waals surface area contributed by atoms with Crippen LogP contribution in [0.4, 0.5) is 5.69 Å². The van der Waals surface area contributed by atoms with Gasteiger partial charge in [0.25, 0.3) is 10.0 Å². The average Bonchev–Trinajstić information content (AvgIpc) is 2.96. The van der Waals surface area contributed by atoms with Gasteiger partial charge in [-0.1, -0.05) is 42.3 Å². The number of hydrogen-bond donors (Lipinski definition) is 1. The van der Waals surface area contributed by atoms with Gasteiger partial charge >= 0.3 is 0 Å². The maximum absolute atomic E-state index is 14.1. The summed E-state index contributed by atoms with van der Waals surface area (Å²) in [5.74, 6) is -0.353. The van der Waals surface area contributed by atoms with Crippen LogP contribution in [0.1, 0.15) is 32.8 Å². The van der Waals surface area contributed by atoms with Crippen LogP contribution in [0, 0.1) is 0 Å². The molecule has 0 aliphatic rings. The van der Waals surface area contributed by atoms with E-state index in [0.29, 0.717) is 22.2 Å². The Morgan fingerprint density at radius 1 is 0.881 bits per heavy atom. The number of nitrogens with zero attached hydrogens (tertiary/aromatic N) is 2. The minimum absolute atomic E-state index is 0.0604. The van der Waals surface area contributed by atoms with Gasteiger partial charge in [0.05, 0.1) is 24.8 Å². The summed E-state index contributed by atoms with van der Waals surface area (Å²) in [4.78, 5) is 28.6. The fraction of sp³-hybridized carbons (Fsp3) is 0.333. The molecule has 12 heteroatoms. The van der Waals surface area contributed by atoms with Crippen molar-refractivity contribution in [1.29, 1.82) is 0 Å². The topological polar surface area (TPSA) is 105 Å². The molecule has 2 amide bonds. The first-order valence-electron chi connectivity index (χ1n) is 13.3. The van der Waals surface area contributed by atoms with E-state index < -0.39 is 28.5 Å². The van der Waals surface area contributed by atoms with Crippen LogP contribution in [0.25, 0.3) is 0 Å². The summed E-state index contributed by atoms with van der Waals surface area (Å²) in [6.07, 6.45) is 0.307. The first-order valence-corrected chi connectivity index (χ1v) is 15.5. The van der Waals surface area contributed by atoms with Crippen molar-refractivity contribution < 1.29 is 27.5 Å². The molecule has 9 nitrogen and oxygen atoms in total. The highest BCUT2D eigenvalue weighted by molar-refractivity contribution is 7.92. The fourth-order valence-corrected chi connectivity index (χ4v) is 6.01. The molecule has 0 spiro atoms. The number of halogens is 2. The number of benzene rings is 3. The third kappa shape index (κ3) is 8.08. The zero-order valence-electron chi connectivity index (χ0n) is 24.1. The lowest BCUT2D eigenvalue weighted by molar-refractivity contribution is -0.140. The molecular formula is C30H35Cl2N3O6S. The first kappa shape index (κ1) is 33.0. The summed E-state index contributed by atoms with van der Waals surface area (Å²) in [6, 6.07) is 16.2. The zero-order chi connectivity index (χ0) is 31.0. The molecule has 42 heavy (non-hydrogen) atoms. The molecule has 0 radical (unpaired) electrons. The van der Waals surface area contributed by atoms with Crippen molar-refractivity contribution in [3.05, 3.63) is 82.3 Å². The number of carbonyl (C=O) groups excluding carboxylic acids is 2. The van der Waals surface area contributed by atoms with Crippen LogP contribution in [0.3, 0.4) is 0 Å². The van der Waals surface area contributed by atoms with Gasteiger partial charge in [0, 0.05) is 28.7 Å². The molecule has 0 aliphatic heterocycles. The molecule has 0 heterocycles. The molecule has 1 atom stereocenters. The second kappa shape index (κ2) is 14.6. The summed E-state index contributed by atoms with van der Waals surface area (Å²) >= 11 is 12.1. The van der Waals surface area contributed by atoms with Crippen molar-refractivity contribution in [3.63, 3.8) is 0 Å². The van der Waals surface area contributed by atoms with E-state index in [9.17, 15) is 18.0 Å². The van der Waals surface area contributed by atoms with Crippen LogP contribution < -0.4 is 19.1 Å². The monoisotopic (exact) mass is 635 g/mol. The Balaban J connectivity index is 2.09. The Kier molecular flexibility index (Phi) is 11.5. The molecule has 0 saturated heterocycles. The number of hydrogen-bond acceptors (Lipinski definition) is 6. The van der Waals surface area contributed by atoms with Crippen LogP contribution in [0.5, 0.6) is 11.5 Å². The summed E-state index contributed by atoms with van der Waals surface area (Å²) in [5, 5.41) is 3.79. The molecular weight excluding hydrogens is 601 g/mol. The summed E-state index contributed by atoms with van der Waals surface area (Å²) < 4.78 is 39.7. The average molecular weight is 637 g/mol. The summed E-state index contributed by atoms with van der Waals surface area (Å²) in [5.41, 5.74) is 0.943. The number of sulfonamides is 1. The van der Waals surface area contributed by atoms with Crippen molar-refractivity contribution in [2.75, 3.05) is 25.1 Å². The Hall–Kier alpha value is -3.47. The van der Waals surface area contributed by atoms with Crippen LogP contribution in [-0.4, -0.2) is 58.0 Å². The molecule has 3 aromatic carbocycles. The van der Waals surface area contributed by atoms with Crippen LogP contribution >= 0.6 is 23.2 Å². The largest absolute Gasteiger partial charge is 0.493 e. The molecule has 3 rings (SSSR count). The van der Waals surface area contributed by atoms with Crippen LogP contribution in [0.2, 0.25) is 10.0 Å². The molecule has 0 fully saturated rings. The highest BCUT2D eigenvalue weighted by Crippen LogP contribution is 2.33. The third-order valence-corrected chi connectivity index (χ3v) is 8.69. The number of carbonyl (C=O) groups is 2. The lowest BCUT2D eigenvalue weighted by Crippen LogP contribution is -2.53. The molecule has 226 valence electrons. The number of anilines is 1. The molecule has 0 aliphatic carbocycles. The lowest BCUT2D eigenvalue weighted by Gasteiger charge is -2.33.